The molecule has 1 heterocycles. The van der Waals surface area contributed by atoms with Crippen molar-refractivity contribution >= 4 is 11.5 Å². The van der Waals surface area contributed by atoms with E-state index in [9.17, 15) is 4.79 Å². The average molecular weight is 206 g/mol. The summed E-state index contributed by atoms with van der Waals surface area (Å²) < 4.78 is 4.90. The van der Waals surface area contributed by atoms with Crippen molar-refractivity contribution < 1.29 is 19.3 Å². The Hall–Kier alpha value is -1.97. The lowest BCUT2D eigenvalue weighted by atomic mass is 10.1. The molecule has 0 atom stereocenters. The van der Waals surface area contributed by atoms with Gasteiger partial charge in [0.25, 0.3) is 0 Å². The van der Waals surface area contributed by atoms with E-state index in [2.05, 4.69) is 0 Å². The topological polar surface area (TPSA) is 44.8 Å². The molecule has 0 spiro atoms. The van der Waals surface area contributed by atoms with E-state index < -0.39 is 5.97 Å². The number of fused-ring (bicyclic) bond motifs is 1. The zero-order valence-electron chi connectivity index (χ0n) is 8.23. The lowest BCUT2D eigenvalue weighted by Crippen LogP contribution is -2.12. The van der Waals surface area contributed by atoms with Gasteiger partial charge < -0.3 is 4.74 Å². The van der Waals surface area contributed by atoms with E-state index in [1.165, 1.54) is 6.26 Å². The van der Waals surface area contributed by atoms with Gasteiger partial charge in [-0.05, 0) is 13.0 Å². The molecule has 1 aliphatic rings. The van der Waals surface area contributed by atoms with Gasteiger partial charge in [0.1, 0.15) is 5.57 Å². The van der Waals surface area contributed by atoms with Crippen molar-refractivity contribution in [3.05, 3.63) is 36.1 Å². The van der Waals surface area contributed by atoms with Gasteiger partial charge in [0.2, 0.25) is 0 Å². The molecule has 0 saturated heterocycles. The lowest BCUT2D eigenvalue weighted by molar-refractivity contribution is -0.154. The first-order valence-electron chi connectivity index (χ1n) is 4.63. The van der Waals surface area contributed by atoms with Crippen LogP contribution in [0.3, 0.4) is 0 Å². The van der Waals surface area contributed by atoms with E-state index >= 15 is 0 Å². The summed E-state index contributed by atoms with van der Waals surface area (Å²) in [6.07, 6.45) is 1.25. The molecule has 0 N–H and O–H groups in total. The fraction of sp³-hybridized carbons (Fsp3) is 0.182. The Kier molecular flexibility index (Phi) is 2.58. The summed E-state index contributed by atoms with van der Waals surface area (Å²) in [6.45, 7) is 2.09. The predicted molar refractivity (Wildman–Crippen MR) is 52.8 cm³/mol. The van der Waals surface area contributed by atoms with Crippen LogP contribution in [0.5, 0.6) is 5.75 Å². The fourth-order valence-electron chi connectivity index (χ4n) is 1.32. The number of para-hydroxylation sites is 1. The van der Waals surface area contributed by atoms with Crippen molar-refractivity contribution in [2.45, 2.75) is 6.92 Å². The van der Waals surface area contributed by atoms with Crippen LogP contribution in [-0.4, -0.2) is 12.6 Å². The second-order valence-corrected chi connectivity index (χ2v) is 2.93. The van der Waals surface area contributed by atoms with Crippen LogP contribution in [0.25, 0.3) is 5.57 Å². The molecule has 2 rings (SSSR count). The van der Waals surface area contributed by atoms with Crippen LogP contribution in [0, 0.1) is 0 Å². The maximum Gasteiger partial charge on any atom is 0.342 e. The van der Waals surface area contributed by atoms with E-state index in [0.717, 1.165) is 0 Å². The van der Waals surface area contributed by atoms with Crippen LogP contribution >= 0.6 is 0 Å². The average Bonchev–Trinajstić information content (AvgIpc) is 2.28. The second kappa shape index (κ2) is 4.04. The SMILES string of the molecule is CCOC(=O)C1=COOc2ccccc21. The van der Waals surface area contributed by atoms with Gasteiger partial charge in [-0.1, -0.05) is 18.2 Å². The number of ether oxygens (including phenoxy) is 1. The summed E-state index contributed by atoms with van der Waals surface area (Å²) in [6, 6.07) is 7.12. The molecule has 1 aromatic carbocycles. The van der Waals surface area contributed by atoms with Crippen LogP contribution in [0.15, 0.2) is 30.5 Å². The number of rotatable bonds is 2. The van der Waals surface area contributed by atoms with Crippen LogP contribution in [0.2, 0.25) is 0 Å². The molecular weight excluding hydrogens is 196 g/mol. The summed E-state index contributed by atoms with van der Waals surface area (Å²) >= 11 is 0. The predicted octanol–water partition coefficient (Wildman–Crippen LogP) is 1.91. The molecule has 4 nitrogen and oxygen atoms in total. The van der Waals surface area contributed by atoms with Crippen LogP contribution in [0.1, 0.15) is 12.5 Å². The van der Waals surface area contributed by atoms with Crippen molar-refractivity contribution in [2.75, 3.05) is 6.61 Å². The molecule has 78 valence electrons. The van der Waals surface area contributed by atoms with Crippen molar-refractivity contribution in [2.24, 2.45) is 0 Å². The van der Waals surface area contributed by atoms with Crippen LogP contribution < -0.4 is 4.89 Å². The number of hydrogen-bond donors (Lipinski definition) is 0. The Morgan fingerprint density at radius 1 is 1.40 bits per heavy atom. The number of esters is 1. The molecule has 4 heteroatoms. The zero-order chi connectivity index (χ0) is 10.7. The Balaban J connectivity index is 2.34. The zero-order valence-corrected chi connectivity index (χ0v) is 8.23. The van der Waals surface area contributed by atoms with Gasteiger partial charge >= 0.3 is 5.97 Å². The molecule has 0 saturated carbocycles. The van der Waals surface area contributed by atoms with Crippen molar-refractivity contribution in [1.82, 2.24) is 0 Å². The Labute approximate surface area is 87.0 Å². The fourth-order valence-corrected chi connectivity index (χ4v) is 1.32. The second-order valence-electron chi connectivity index (χ2n) is 2.93. The number of benzene rings is 1. The first-order chi connectivity index (χ1) is 7.33. The first-order valence-corrected chi connectivity index (χ1v) is 4.63. The van der Waals surface area contributed by atoms with Gasteiger partial charge in [0.15, 0.2) is 12.0 Å². The quantitative estimate of drug-likeness (QED) is 0.547. The maximum atomic E-state index is 11.5. The highest BCUT2D eigenvalue weighted by atomic mass is 17.2. The molecule has 0 aliphatic carbocycles. The maximum absolute atomic E-state index is 11.5. The molecule has 1 aromatic rings. The molecule has 0 radical (unpaired) electrons. The third-order valence-electron chi connectivity index (χ3n) is 1.98. The van der Waals surface area contributed by atoms with Gasteiger partial charge in [0, 0.05) is 5.56 Å². The van der Waals surface area contributed by atoms with Crippen molar-refractivity contribution in [1.29, 1.82) is 0 Å². The molecule has 0 fully saturated rings. The third-order valence-corrected chi connectivity index (χ3v) is 1.98. The Morgan fingerprint density at radius 2 is 2.20 bits per heavy atom. The monoisotopic (exact) mass is 206 g/mol. The molecule has 0 bridgehead atoms. The standard InChI is InChI=1S/C11H10O4/c1-2-13-11(12)9-7-14-15-10-6-4-3-5-8(9)10/h3-7H,2H2,1H3. The van der Waals surface area contributed by atoms with Crippen LogP contribution in [-0.2, 0) is 14.4 Å². The smallest absolute Gasteiger partial charge is 0.342 e. The minimum atomic E-state index is -0.409. The van der Waals surface area contributed by atoms with Gasteiger partial charge in [-0.15, -0.1) is 0 Å². The van der Waals surface area contributed by atoms with Gasteiger partial charge in [-0.25, -0.2) is 4.79 Å². The van der Waals surface area contributed by atoms with E-state index in [4.69, 9.17) is 14.5 Å². The van der Waals surface area contributed by atoms with Crippen molar-refractivity contribution in [3.8, 4) is 5.75 Å². The summed E-state index contributed by atoms with van der Waals surface area (Å²) in [5.74, 6) is 0.108. The van der Waals surface area contributed by atoms with E-state index in [1.807, 2.05) is 6.07 Å². The highest BCUT2D eigenvalue weighted by Gasteiger charge is 2.22. The largest absolute Gasteiger partial charge is 0.462 e. The summed E-state index contributed by atoms with van der Waals surface area (Å²) in [7, 11) is 0. The summed E-state index contributed by atoms with van der Waals surface area (Å²) in [5, 5.41) is 0. The van der Waals surface area contributed by atoms with E-state index in [-0.39, 0.29) is 0 Å². The molecular formula is C11H10O4. The molecule has 1 aliphatic heterocycles. The van der Waals surface area contributed by atoms with Gasteiger partial charge in [-0.2, -0.15) is 0 Å². The van der Waals surface area contributed by atoms with E-state index in [0.29, 0.717) is 23.5 Å². The highest BCUT2D eigenvalue weighted by Crippen LogP contribution is 2.30. The normalized spacial score (nSPS) is 13.0. The summed E-state index contributed by atoms with van der Waals surface area (Å²) in [4.78, 5) is 21.1. The Bertz CT molecular complexity index is 409. The number of hydrogen-bond acceptors (Lipinski definition) is 4. The molecule has 0 amide bonds. The summed E-state index contributed by atoms with van der Waals surface area (Å²) in [5.41, 5.74) is 1.06. The number of carbonyl (C=O) groups is 1. The van der Waals surface area contributed by atoms with Gasteiger partial charge in [-0.3, -0.25) is 9.78 Å². The third kappa shape index (κ3) is 1.79. The number of carbonyl (C=O) groups excluding carboxylic acids is 1. The molecule has 0 unspecified atom stereocenters. The van der Waals surface area contributed by atoms with E-state index in [1.54, 1.807) is 25.1 Å². The van der Waals surface area contributed by atoms with Gasteiger partial charge in [0.05, 0.1) is 6.61 Å². The first kappa shape index (κ1) is 9.58. The molecule has 15 heavy (non-hydrogen) atoms. The van der Waals surface area contributed by atoms with Crippen molar-refractivity contribution in [3.63, 3.8) is 0 Å². The highest BCUT2D eigenvalue weighted by molar-refractivity contribution is 6.17. The lowest BCUT2D eigenvalue weighted by Gasteiger charge is -2.15. The minimum Gasteiger partial charge on any atom is -0.462 e. The van der Waals surface area contributed by atoms with Crippen LogP contribution in [0.4, 0.5) is 0 Å². The molecule has 0 aromatic heterocycles. The minimum absolute atomic E-state index is 0.333. The Morgan fingerprint density at radius 3 is 3.00 bits per heavy atom.